The quantitative estimate of drug-likeness (QED) is 0.779. The maximum atomic E-state index is 12.2. The standard InChI is InChI=1S/C16H20N2O3/c1-21-14-9-3-2-6-12(14)7-4-11-18-15(19)13-8-5-10-17(13)16(18)20/h2-3,6,9,13H,4-5,7-8,10-11H2,1H3. The van der Waals surface area contributed by atoms with Gasteiger partial charge in [0.15, 0.2) is 0 Å². The normalized spacial score (nSPS) is 21.1. The predicted octanol–water partition coefficient (Wildman–Crippen LogP) is 2.05. The molecule has 0 radical (unpaired) electrons. The van der Waals surface area contributed by atoms with E-state index in [1.165, 1.54) is 4.90 Å². The summed E-state index contributed by atoms with van der Waals surface area (Å²) in [7, 11) is 1.65. The van der Waals surface area contributed by atoms with Crippen LogP contribution in [0.25, 0.3) is 0 Å². The molecule has 2 saturated heterocycles. The number of urea groups is 1. The Balaban J connectivity index is 1.58. The number of carbonyl (C=O) groups is 2. The van der Waals surface area contributed by atoms with Crippen LogP contribution in [0, 0.1) is 0 Å². The van der Waals surface area contributed by atoms with Crippen molar-refractivity contribution in [2.75, 3.05) is 20.2 Å². The van der Waals surface area contributed by atoms with Gasteiger partial charge < -0.3 is 9.64 Å². The Kier molecular flexibility index (Phi) is 3.82. The molecule has 5 heteroatoms. The van der Waals surface area contributed by atoms with Crippen molar-refractivity contribution in [3.63, 3.8) is 0 Å². The van der Waals surface area contributed by atoms with Crippen molar-refractivity contribution in [2.24, 2.45) is 0 Å². The molecule has 2 heterocycles. The molecule has 21 heavy (non-hydrogen) atoms. The molecule has 0 N–H and O–H groups in total. The zero-order chi connectivity index (χ0) is 14.8. The monoisotopic (exact) mass is 288 g/mol. The molecule has 0 spiro atoms. The summed E-state index contributed by atoms with van der Waals surface area (Å²) >= 11 is 0. The minimum absolute atomic E-state index is 0.0162. The molecule has 2 aliphatic rings. The van der Waals surface area contributed by atoms with Crippen LogP contribution in [0.2, 0.25) is 0 Å². The first-order valence-corrected chi connectivity index (χ1v) is 7.46. The van der Waals surface area contributed by atoms with Gasteiger partial charge in [0.2, 0.25) is 0 Å². The maximum Gasteiger partial charge on any atom is 0.327 e. The van der Waals surface area contributed by atoms with E-state index in [0.29, 0.717) is 6.54 Å². The van der Waals surface area contributed by atoms with Crippen LogP contribution in [0.1, 0.15) is 24.8 Å². The minimum atomic E-state index is -0.191. The van der Waals surface area contributed by atoms with E-state index >= 15 is 0 Å². The molecule has 2 aliphatic heterocycles. The number of amides is 3. The number of carbonyl (C=O) groups excluding carboxylic acids is 2. The van der Waals surface area contributed by atoms with Crippen LogP contribution >= 0.6 is 0 Å². The summed E-state index contributed by atoms with van der Waals surface area (Å²) in [6.07, 6.45) is 3.31. The van der Waals surface area contributed by atoms with E-state index in [1.807, 2.05) is 24.3 Å². The largest absolute Gasteiger partial charge is 0.496 e. The van der Waals surface area contributed by atoms with Crippen molar-refractivity contribution < 1.29 is 14.3 Å². The van der Waals surface area contributed by atoms with Gasteiger partial charge in [0.05, 0.1) is 7.11 Å². The van der Waals surface area contributed by atoms with Crippen LogP contribution in [-0.4, -0.2) is 48.0 Å². The van der Waals surface area contributed by atoms with E-state index in [4.69, 9.17) is 4.74 Å². The van der Waals surface area contributed by atoms with Crippen molar-refractivity contribution in [2.45, 2.75) is 31.7 Å². The van der Waals surface area contributed by atoms with Gasteiger partial charge in [-0.2, -0.15) is 0 Å². The lowest BCUT2D eigenvalue weighted by Gasteiger charge is -2.15. The lowest BCUT2D eigenvalue weighted by atomic mass is 10.1. The molecule has 112 valence electrons. The van der Waals surface area contributed by atoms with Crippen molar-refractivity contribution in [1.82, 2.24) is 9.80 Å². The topological polar surface area (TPSA) is 49.9 Å². The second kappa shape index (κ2) is 5.76. The van der Waals surface area contributed by atoms with E-state index in [-0.39, 0.29) is 18.0 Å². The Morgan fingerprint density at radius 2 is 2.10 bits per heavy atom. The molecule has 1 unspecified atom stereocenters. The van der Waals surface area contributed by atoms with Crippen LogP contribution in [-0.2, 0) is 11.2 Å². The molecule has 0 aromatic heterocycles. The zero-order valence-electron chi connectivity index (χ0n) is 12.2. The van der Waals surface area contributed by atoms with Gasteiger partial charge in [0.25, 0.3) is 5.91 Å². The van der Waals surface area contributed by atoms with Gasteiger partial charge in [-0.1, -0.05) is 18.2 Å². The number of fused-ring (bicyclic) bond motifs is 1. The molecule has 3 rings (SSSR count). The number of methoxy groups -OCH3 is 1. The van der Waals surface area contributed by atoms with Gasteiger partial charge in [0.1, 0.15) is 11.8 Å². The number of ether oxygens (including phenoxy) is 1. The fraction of sp³-hybridized carbons (Fsp3) is 0.500. The summed E-state index contributed by atoms with van der Waals surface area (Å²) in [6, 6.07) is 7.55. The fourth-order valence-corrected chi connectivity index (χ4v) is 3.22. The average Bonchev–Trinajstić information content (AvgIpc) is 3.07. The first-order valence-electron chi connectivity index (χ1n) is 7.46. The number of hydrogen-bond donors (Lipinski definition) is 0. The average molecular weight is 288 g/mol. The summed E-state index contributed by atoms with van der Waals surface area (Å²) < 4.78 is 5.32. The fourth-order valence-electron chi connectivity index (χ4n) is 3.22. The highest BCUT2D eigenvalue weighted by atomic mass is 16.5. The summed E-state index contributed by atoms with van der Waals surface area (Å²) in [5.41, 5.74) is 1.11. The highest BCUT2D eigenvalue weighted by Crippen LogP contribution is 2.27. The molecule has 1 atom stereocenters. The van der Waals surface area contributed by atoms with Crippen molar-refractivity contribution in [1.29, 1.82) is 0 Å². The third kappa shape index (κ3) is 2.48. The zero-order valence-corrected chi connectivity index (χ0v) is 12.2. The van der Waals surface area contributed by atoms with E-state index in [0.717, 1.165) is 43.5 Å². The van der Waals surface area contributed by atoms with Gasteiger partial charge >= 0.3 is 6.03 Å². The maximum absolute atomic E-state index is 12.2. The number of hydrogen-bond acceptors (Lipinski definition) is 3. The second-order valence-corrected chi connectivity index (χ2v) is 5.54. The van der Waals surface area contributed by atoms with Gasteiger partial charge in [-0.05, 0) is 37.3 Å². The summed E-state index contributed by atoms with van der Waals surface area (Å²) in [6.45, 7) is 1.21. The van der Waals surface area contributed by atoms with Crippen LogP contribution in [0.15, 0.2) is 24.3 Å². The van der Waals surface area contributed by atoms with Crippen molar-refractivity contribution >= 4 is 11.9 Å². The number of nitrogens with zero attached hydrogens (tertiary/aromatic N) is 2. The third-order valence-corrected chi connectivity index (χ3v) is 4.30. The molecule has 5 nitrogen and oxygen atoms in total. The molecule has 1 aromatic carbocycles. The van der Waals surface area contributed by atoms with E-state index in [1.54, 1.807) is 12.0 Å². The second-order valence-electron chi connectivity index (χ2n) is 5.54. The van der Waals surface area contributed by atoms with Crippen LogP contribution in [0.3, 0.4) is 0 Å². The van der Waals surface area contributed by atoms with E-state index in [2.05, 4.69) is 0 Å². The SMILES string of the molecule is COc1ccccc1CCCN1C(=O)C2CCCN2C1=O. The van der Waals surface area contributed by atoms with Gasteiger partial charge in [-0.15, -0.1) is 0 Å². The molecule has 0 aliphatic carbocycles. The first kappa shape index (κ1) is 13.9. The molecule has 0 bridgehead atoms. The summed E-state index contributed by atoms with van der Waals surface area (Å²) in [5.74, 6) is 0.842. The van der Waals surface area contributed by atoms with Crippen LogP contribution < -0.4 is 4.74 Å². The number of rotatable bonds is 5. The molecule has 0 saturated carbocycles. The molecular weight excluding hydrogens is 268 g/mol. The number of imide groups is 1. The summed E-state index contributed by atoms with van der Waals surface area (Å²) in [5, 5.41) is 0. The Labute approximate surface area is 124 Å². The Hall–Kier alpha value is -2.04. The highest BCUT2D eigenvalue weighted by Gasteiger charge is 2.46. The van der Waals surface area contributed by atoms with E-state index in [9.17, 15) is 9.59 Å². The van der Waals surface area contributed by atoms with Crippen LogP contribution in [0.5, 0.6) is 5.75 Å². The first-order chi connectivity index (χ1) is 10.2. The van der Waals surface area contributed by atoms with Crippen molar-refractivity contribution in [3.05, 3.63) is 29.8 Å². The van der Waals surface area contributed by atoms with Crippen molar-refractivity contribution in [3.8, 4) is 5.75 Å². The number of benzene rings is 1. The van der Waals surface area contributed by atoms with Crippen LogP contribution in [0.4, 0.5) is 4.79 Å². The molecular formula is C16H20N2O3. The van der Waals surface area contributed by atoms with Gasteiger partial charge in [0, 0.05) is 13.1 Å². The molecule has 3 amide bonds. The lowest BCUT2D eigenvalue weighted by molar-refractivity contribution is -0.128. The number of aryl methyl sites for hydroxylation is 1. The Morgan fingerprint density at radius 3 is 2.86 bits per heavy atom. The minimum Gasteiger partial charge on any atom is -0.496 e. The Bertz CT molecular complexity index is 536. The smallest absolute Gasteiger partial charge is 0.327 e. The molecule has 1 aromatic rings. The number of para-hydroxylation sites is 1. The Morgan fingerprint density at radius 1 is 1.29 bits per heavy atom. The predicted molar refractivity (Wildman–Crippen MR) is 78.2 cm³/mol. The lowest BCUT2D eigenvalue weighted by Crippen LogP contribution is -2.34. The third-order valence-electron chi connectivity index (χ3n) is 4.30. The van der Waals surface area contributed by atoms with Gasteiger partial charge in [-0.3, -0.25) is 9.69 Å². The summed E-state index contributed by atoms with van der Waals surface area (Å²) in [4.78, 5) is 27.5. The van der Waals surface area contributed by atoms with E-state index < -0.39 is 0 Å². The molecule has 2 fully saturated rings. The van der Waals surface area contributed by atoms with Gasteiger partial charge in [-0.25, -0.2) is 4.79 Å². The highest BCUT2D eigenvalue weighted by molar-refractivity contribution is 6.04.